The molecule has 0 saturated carbocycles. The Morgan fingerprint density at radius 2 is 1.88 bits per heavy atom. The molecule has 3 rings (SSSR count). The first-order chi connectivity index (χ1) is 12.6. The van der Waals surface area contributed by atoms with Gasteiger partial charge in [-0.05, 0) is 28.9 Å². The Morgan fingerprint density at radius 1 is 1.19 bits per heavy atom. The Hall–Kier alpha value is -3.13. The average Bonchev–Trinajstić information content (AvgIpc) is 3.07. The molecule has 132 valence electrons. The number of anilines is 1. The van der Waals surface area contributed by atoms with Gasteiger partial charge < -0.3 is 15.4 Å². The van der Waals surface area contributed by atoms with Gasteiger partial charge in [0, 0.05) is 4.90 Å². The van der Waals surface area contributed by atoms with Crippen molar-refractivity contribution < 1.29 is 9.72 Å². The topological polar surface area (TPSA) is 90.1 Å². The van der Waals surface area contributed by atoms with Gasteiger partial charge in [-0.15, -0.1) is 11.8 Å². The fourth-order valence-electron chi connectivity index (χ4n) is 2.49. The van der Waals surface area contributed by atoms with E-state index >= 15 is 0 Å². The zero-order chi connectivity index (χ0) is 18.5. The summed E-state index contributed by atoms with van der Waals surface area (Å²) in [5.41, 5.74) is 1.68. The minimum atomic E-state index is -0.603. The van der Waals surface area contributed by atoms with Gasteiger partial charge in [0.1, 0.15) is 0 Å². The highest BCUT2D eigenvalue weighted by atomic mass is 32.2. The average molecular weight is 368 g/mol. The highest BCUT2D eigenvalue weighted by molar-refractivity contribution is 7.98. The molecule has 0 unspecified atom stereocenters. The largest absolute Gasteiger partial charge is 0.390 e. The van der Waals surface area contributed by atoms with Gasteiger partial charge in [0.25, 0.3) is 5.91 Å². The number of carbonyl (C=O) groups excluding carboxylic acids is 1. The van der Waals surface area contributed by atoms with Crippen LogP contribution < -0.4 is 5.32 Å². The zero-order valence-electron chi connectivity index (χ0n) is 14.0. The van der Waals surface area contributed by atoms with Crippen LogP contribution in [0.25, 0.3) is 0 Å². The second-order valence-corrected chi connectivity index (χ2v) is 6.29. The number of nitrogens with zero attached hydrogens (tertiary/aromatic N) is 3. The quantitative estimate of drug-likeness (QED) is 0.406. The van der Waals surface area contributed by atoms with Gasteiger partial charge in [0.05, 0.1) is 23.4 Å². The van der Waals surface area contributed by atoms with Crippen molar-refractivity contribution in [1.29, 1.82) is 0 Å². The third-order valence-corrected chi connectivity index (χ3v) is 4.51. The lowest BCUT2D eigenvalue weighted by Gasteiger charge is -2.09. The third-order valence-electron chi connectivity index (χ3n) is 3.72. The Morgan fingerprint density at radius 3 is 2.58 bits per heavy atom. The molecule has 0 spiro atoms. The molecule has 0 fully saturated rings. The fraction of sp³-hybridized carbons (Fsp3) is 0.111. The maximum absolute atomic E-state index is 12.7. The molecular weight excluding hydrogens is 352 g/mol. The first-order valence-corrected chi connectivity index (χ1v) is 9.01. The van der Waals surface area contributed by atoms with Gasteiger partial charge in [-0.1, -0.05) is 42.5 Å². The molecule has 1 amide bonds. The molecule has 26 heavy (non-hydrogen) atoms. The highest BCUT2D eigenvalue weighted by Crippen LogP contribution is 2.25. The van der Waals surface area contributed by atoms with E-state index in [1.165, 1.54) is 22.5 Å². The lowest BCUT2D eigenvalue weighted by atomic mass is 10.2. The minimum absolute atomic E-state index is 0.136. The van der Waals surface area contributed by atoms with Crippen molar-refractivity contribution in [3.63, 3.8) is 0 Å². The Labute approximate surface area is 154 Å². The van der Waals surface area contributed by atoms with Crippen LogP contribution in [0.2, 0.25) is 0 Å². The van der Waals surface area contributed by atoms with E-state index in [1.807, 2.05) is 54.8 Å². The summed E-state index contributed by atoms with van der Waals surface area (Å²) in [7, 11) is 0. The van der Waals surface area contributed by atoms with E-state index in [0.717, 1.165) is 10.5 Å². The first kappa shape index (κ1) is 17.7. The second-order valence-electron chi connectivity index (χ2n) is 5.44. The zero-order valence-corrected chi connectivity index (χ0v) is 14.8. The summed E-state index contributed by atoms with van der Waals surface area (Å²) in [6.07, 6.45) is 1.91. The number of aromatic nitrogens is 2. The summed E-state index contributed by atoms with van der Waals surface area (Å²) in [6.45, 7) is 0.265. The number of carbonyl (C=O) groups is 1. The van der Waals surface area contributed by atoms with Crippen molar-refractivity contribution in [2.75, 3.05) is 11.6 Å². The van der Waals surface area contributed by atoms with Crippen molar-refractivity contribution in [1.82, 2.24) is 9.78 Å². The SMILES string of the molecule is CSc1ccccc1NC(=O)c1cc([N+](=O)[O-])nn1Cc1ccccc1. The van der Waals surface area contributed by atoms with Gasteiger partial charge in [-0.25, -0.2) is 0 Å². The first-order valence-electron chi connectivity index (χ1n) is 7.79. The van der Waals surface area contributed by atoms with Crippen molar-refractivity contribution in [2.45, 2.75) is 11.4 Å². The van der Waals surface area contributed by atoms with E-state index in [1.54, 1.807) is 6.07 Å². The number of amides is 1. The van der Waals surface area contributed by atoms with Crippen LogP contribution in [0.15, 0.2) is 65.6 Å². The van der Waals surface area contributed by atoms with Crippen LogP contribution in [-0.4, -0.2) is 26.9 Å². The van der Waals surface area contributed by atoms with Crippen molar-refractivity contribution in [3.05, 3.63) is 82.0 Å². The lowest BCUT2D eigenvalue weighted by Crippen LogP contribution is -2.18. The predicted octanol–water partition coefficient (Wildman–Crippen LogP) is 3.81. The van der Waals surface area contributed by atoms with Crippen molar-refractivity contribution in [2.24, 2.45) is 0 Å². The number of nitro groups is 1. The van der Waals surface area contributed by atoms with Gasteiger partial charge in [-0.2, -0.15) is 4.68 Å². The summed E-state index contributed by atoms with van der Waals surface area (Å²) < 4.78 is 1.35. The van der Waals surface area contributed by atoms with E-state index < -0.39 is 10.8 Å². The van der Waals surface area contributed by atoms with E-state index in [4.69, 9.17) is 0 Å². The Bertz CT molecular complexity index is 941. The van der Waals surface area contributed by atoms with E-state index in [-0.39, 0.29) is 18.1 Å². The van der Waals surface area contributed by atoms with Gasteiger partial charge in [-0.3, -0.25) is 4.79 Å². The fourth-order valence-corrected chi connectivity index (χ4v) is 3.04. The molecule has 0 aliphatic rings. The maximum atomic E-state index is 12.7. The molecule has 0 aliphatic carbocycles. The molecule has 7 nitrogen and oxygen atoms in total. The Balaban J connectivity index is 1.92. The highest BCUT2D eigenvalue weighted by Gasteiger charge is 2.24. The molecule has 0 saturated heterocycles. The molecular formula is C18H16N4O3S. The molecule has 0 aliphatic heterocycles. The maximum Gasteiger partial charge on any atom is 0.390 e. The summed E-state index contributed by atoms with van der Waals surface area (Å²) in [6, 6.07) is 17.9. The van der Waals surface area contributed by atoms with Crippen LogP contribution in [-0.2, 0) is 6.54 Å². The van der Waals surface area contributed by atoms with Crippen LogP contribution in [0.5, 0.6) is 0 Å². The monoisotopic (exact) mass is 368 g/mol. The molecule has 1 aromatic heterocycles. The third kappa shape index (κ3) is 3.92. The molecule has 3 aromatic rings. The number of rotatable bonds is 6. The molecule has 1 heterocycles. The summed E-state index contributed by atoms with van der Waals surface area (Å²) >= 11 is 1.50. The number of thioether (sulfide) groups is 1. The predicted molar refractivity (Wildman–Crippen MR) is 101 cm³/mol. The molecule has 1 N–H and O–H groups in total. The van der Waals surface area contributed by atoms with Gasteiger partial charge >= 0.3 is 5.82 Å². The summed E-state index contributed by atoms with van der Waals surface area (Å²) in [5.74, 6) is -0.799. The van der Waals surface area contributed by atoms with Crippen molar-refractivity contribution >= 4 is 29.2 Å². The molecule has 0 atom stereocenters. The normalized spacial score (nSPS) is 10.5. The molecule has 0 bridgehead atoms. The number of hydrogen-bond donors (Lipinski definition) is 1. The molecule has 0 radical (unpaired) electrons. The minimum Gasteiger partial charge on any atom is -0.358 e. The van der Waals surface area contributed by atoms with Crippen molar-refractivity contribution in [3.8, 4) is 0 Å². The smallest absolute Gasteiger partial charge is 0.358 e. The van der Waals surface area contributed by atoms with Gasteiger partial charge in [0.2, 0.25) is 0 Å². The van der Waals surface area contributed by atoms with Gasteiger partial charge in [0.15, 0.2) is 5.69 Å². The van der Waals surface area contributed by atoms with Crippen LogP contribution in [0.4, 0.5) is 11.5 Å². The number of nitrogens with one attached hydrogen (secondary N) is 1. The lowest BCUT2D eigenvalue weighted by molar-refractivity contribution is -0.389. The van der Waals surface area contributed by atoms with Crippen LogP contribution >= 0.6 is 11.8 Å². The summed E-state index contributed by atoms with van der Waals surface area (Å²) in [4.78, 5) is 24.1. The van der Waals surface area contributed by atoms with Crippen LogP contribution in [0.1, 0.15) is 16.1 Å². The number of para-hydroxylation sites is 1. The second kappa shape index (κ2) is 7.83. The molecule has 2 aromatic carbocycles. The standard InChI is InChI=1S/C18H16N4O3S/c1-26-16-10-6-5-9-14(16)19-18(23)15-11-17(22(24)25)20-21(15)12-13-7-3-2-4-8-13/h2-11H,12H2,1H3,(H,19,23). The summed E-state index contributed by atoms with van der Waals surface area (Å²) in [5, 5.41) is 17.9. The number of benzene rings is 2. The van der Waals surface area contributed by atoms with E-state index in [9.17, 15) is 14.9 Å². The Kier molecular flexibility index (Phi) is 5.33. The van der Waals surface area contributed by atoms with Crippen LogP contribution in [0.3, 0.4) is 0 Å². The number of hydrogen-bond acceptors (Lipinski definition) is 5. The van der Waals surface area contributed by atoms with E-state index in [0.29, 0.717) is 5.69 Å². The van der Waals surface area contributed by atoms with Crippen LogP contribution in [0, 0.1) is 10.1 Å². The van der Waals surface area contributed by atoms with E-state index in [2.05, 4.69) is 10.4 Å². The molecule has 8 heteroatoms.